The molecule has 1 aromatic heterocycles. The number of halogens is 1. The topological polar surface area (TPSA) is 53.8 Å². The number of carbonyl (C=O) groups excluding carboxylic acids is 1. The Hall–Kier alpha value is -1.99. The fourth-order valence-corrected chi connectivity index (χ4v) is 2.28. The molecule has 0 radical (unpaired) electrons. The van der Waals surface area contributed by atoms with Gasteiger partial charge in [-0.25, -0.2) is 0 Å². The minimum absolute atomic E-state index is 0.217. The number of aryl methyl sites for hydroxylation is 1. The van der Waals surface area contributed by atoms with Crippen molar-refractivity contribution >= 4 is 21.7 Å². The van der Waals surface area contributed by atoms with Crippen LogP contribution in [0.15, 0.2) is 47.2 Å². The maximum Gasteiger partial charge on any atom is 0.185 e. The molecule has 0 bridgehead atoms. The number of hydrogen-bond acceptors (Lipinski definition) is 3. The molecule has 0 fully saturated rings. The van der Waals surface area contributed by atoms with Crippen molar-refractivity contribution in [3.05, 3.63) is 63.9 Å². The fourth-order valence-electron chi connectivity index (χ4n) is 1.82. The third kappa shape index (κ3) is 2.72. The summed E-state index contributed by atoms with van der Waals surface area (Å²) in [6.07, 6.45) is 3.17. The molecule has 94 valence electrons. The molecule has 1 aromatic carbocycles. The third-order valence-electron chi connectivity index (χ3n) is 2.87. The number of Topliss-reactive ketones (excluding diaryl/α,β-unsaturated/α-hetero) is 1. The Balaban J connectivity index is 2.43. The average molecular weight is 315 g/mol. The number of aromatic nitrogens is 1. The summed E-state index contributed by atoms with van der Waals surface area (Å²) in [5.74, 6) is -1.04. The highest BCUT2D eigenvalue weighted by Gasteiger charge is 2.23. The Morgan fingerprint density at radius 1 is 1.37 bits per heavy atom. The molecule has 0 saturated carbocycles. The van der Waals surface area contributed by atoms with Gasteiger partial charge in [0.1, 0.15) is 5.92 Å². The quantitative estimate of drug-likeness (QED) is 0.813. The van der Waals surface area contributed by atoms with Gasteiger partial charge in [0.2, 0.25) is 0 Å². The van der Waals surface area contributed by atoms with E-state index in [1.165, 1.54) is 0 Å². The van der Waals surface area contributed by atoms with Crippen molar-refractivity contribution in [2.75, 3.05) is 0 Å². The van der Waals surface area contributed by atoms with E-state index in [0.29, 0.717) is 11.1 Å². The molecule has 4 heteroatoms. The molecule has 3 nitrogen and oxygen atoms in total. The normalized spacial score (nSPS) is 11.6. The van der Waals surface area contributed by atoms with Gasteiger partial charge in [-0.15, -0.1) is 0 Å². The van der Waals surface area contributed by atoms with Crippen molar-refractivity contribution in [2.45, 2.75) is 12.8 Å². The zero-order valence-corrected chi connectivity index (χ0v) is 11.9. The van der Waals surface area contributed by atoms with Crippen molar-refractivity contribution in [1.29, 1.82) is 5.26 Å². The average Bonchev–Trinajstić information content (AvgIpc) is 2.44. The van der Waals surface area contributed by atoms with Crippen LogP contribution in [0.25, 0.3) is 0 Å². The van der Waals surface area contributed by atoms with Gasteiger partial charge in [-0.2, -0.15) is 5.26 Å². The van der Waals surface area contributed by atoms with Gasteiger partial charge in [-0.05, 0) is 40.0 Å². The molecular formula is C15H11BrN2O. The lowest BCUT2D eigenvalue weighted by Gasteiger charge is -2.10. The molecule has 19 heavy (non-hydrogen) atoms. The van der Waals surface area contributed by atoms with E-state index in [-0.39, 0.29) is 5.78 Å². The molecule has 1 heterocycles. The Morgan fingerprint density at radius 2 is 2.16 bits per heavy atom. The Bertz CT molecular complexity index is 647. The maximum absolute atomic E-state index is 12.5. The summed E-state index contributed by atoms with van der Waals surface area (Å²) in [6, 6.07) is 11.0. The van der Waals surface area contributed by atoms with E-state index >= 15 is 0 Å². The summed E-state index contributed by atoms with van der Waals surface area (Å²) in [5.41, 5.74) is 2.10. The molecule has 0 spiro atoms. The summed E-state index contributed by atoms with van der Waals surface area (Å²) in [6.45, 7) is 1.91. The lowest BCUT2D eigenvalue weighted by Crippen LogP contribution is -2.12. The van der Waals surface area contributed by atoms with Gasteiger partial charge >= 0.3 is 0 Å². The van der Waals surface area contributed by atoms with Gasteiger partial charge in [-0.3, -0.25) is 9.78 Å². The SMILES string of the molecule is Cc1cccc(C(=O)C(C#N)c2cccnc2)c1Br. The largest absolute Gasteiger partial charge is 0.292 e. The predicted octanol–water partition coefficient (Wildman–Crippen LogP) is 3.64. The standard InChI is InChI=1S/C15H11BrN2O/c1-10-4-2-6-12(14(10)16)15(19)13(8-17)11-5-3-7-18-9-11/h2-7,9,13H,1H3. The molecule has 0 aliphatic rings. The van der Waals surface area contributed by atoms with E-state index in [4.69, 9.17) is 0 Å². The number of carbonyl (C=O) groups is 1. The van der Waals surface area contributed by atoms with Crippen LogP contribution in [0.1, 0.15) is 27.4 Å². The number of rotatable bonds is 3. The highest BCUT2D eigenvalue weighted by atomic mass is 79.9. The molecule has 0 N–H and O–H groups in total. The number of hydrogen-bond donors (Lipinski definition) is 0. The van der Waals surface area contributed by atoms with Gasteiger partial charge in [0.25, 0.3) is 0 Å². The molecule has 0 amide bonds. The van der Waals surface area contributed by atoms with Gasteiger partial charge in [0, 0.05) is 22.4 Å². The maximum atomic E-state index is 12.5. The van der Waals surface area contributed by atoms with Crippen molar-refractivity contribution in [2.24, 2.45) is 0 Å². The molecule has 0 aliphatic heterocycles. The molecule has 1 atom stereocenters. The second kappa shape index (κ2) is 5.77. The van der Waals surface area contributed by atoms with Crippen LogP contribution in [0.4, 0.5) is 0 Å². The number of nitriles is 1. The van der Waals surface area contributed by atoms with Gasteiger partial charge in [-0.1, -0.05) is 24.3 Å². The van der Waals surface area contributed by atoms with Crippen LogP contribution >= 0.6 is 15.9 Å². The van der Waals surface area contributed by atoms with Crippen molar-refractivity contribution in [1.82, 2.24) is 4.98 Å². The molecule has 2 aromatic rings. The van der Waals surface area contributed by atoms with Crippen LogP contribution in [0.3, 0.4) is 0 Å². The number of ketones is 1. The van der Waals surface area contributed by atoms with Crippen molar-refractivity contribution in [3.63, 3.8) is 0 Å². The Kier molecular flexibility index (Phi) is 4.08. The monoisotopic (exact) mass is 314 g/mol. The number of benzene rings is 1. The predicted molar refractivity (Wildman–Crippen MR) is 75.8 cm³/mol. The van der Waals surface area contributed by atoms with E-state index in [9.17, 15) is 10.1 Å². The highest BCUT2D eigenvalue weighted by Crippen LogP contribution is 2.27. The smallest absolute Gasteiger partial charge is 0.185 e. The van der Waals surface area contributed by atoms with Crippen LogP contribution in [0.2, 0.25) is 0 Å². The van der Waals surface area contributed by atoms with Crippen LogP contribution in [0, 0.1) is 18.3 Å². The Labute approximate surface area is 120 Å². The van der Waals surface area contributed by atoms with Crippen LogP contribution < -0.4 is 0 Å². The molecule has 0 saturated heterocycles. The summed E-state index contributed by atoms with van der Waals surface area (Å²) in [7, 11) is 0. The molecule has 0 aliphatic carbocycles. The van der Waals surface area contributed by atoms with Gasteiger partial charge in [0.15, 0.2) is 5.78 Å². The summed E-state index contributed by atoms with van der Waals surface area (Å²) in [4.78, 5) is 16.4. The summed E-state index contributed by atoms with van der Waals surface area (Å²) in [5, 5.41) is 9.26. The van der Waals surface area contributed by atoms with E-state index in [1.807, 2.05) is 19.1 Å². The lowest BCUT2D eigenvalue weighted by molar-refractivity contribution is 0.0978. The van der Waals surface area contributed by atoms with E-state index < -0.39 is 5.92 Å². The lowest BCUT2D eigenvalue weighted by atomic mass is 9.92. The second-order valence-corrected chi connectivity index (χ2v) is 4.94. The van der Waals surface area contributed by atoms with E-state index in [0.717, 1.165) is 10.0 Å². The van der Waals surface area contributed by atoms with Gasteiger partial charge in [0.05, 0.1) is 6.07 Å². The summed E-state index contributed by atoms with van der Waals surface area (Å²) < 4.78 is 0.740. The van der Waals surface area contributed by atoms with Gasteiger partial charge < -0.3 is 0 Å². The highest BCUT2D eigenvalue weighted by molar-refractivity contribution is 9.10. The Morgan fingerprint density at radius 3 is 2.79 bits per heavy atom. The first-order chi connectivity index (χ1) is 9.15. The van der Waals surface area contributed by atoms with Crippen LogP contribution in [-0.4, -0.2) is 10.8 Å². The number of nitrogens with zero attached hydrogens (tertiary/aromatic N) is 2. The molecule has 1 unspecified atom stereocenters. The molecule has 2 rings (SSSR count). The van der Waals surface area contributed by atoms with Crippen LogP contribution in [0.5, 0.6) is 0 Å². The first kappa shape index (κ1) is 13.4. The second-order valence-electron chi connectivity index (χ2n) is 4.15. The van der Waals surface area contributed by atoms with E-state index in [1.54, 1.807) is 30.6 Å². The fraction of sp³-hybridized carbons (Fsp3) is 0.133. The van der Waals surface area contributed by atoms with Crippen molar-refractivity contribution in [3.8, 4) is 6.07 Å². The first-order valence-electron chi connectivity index (χ1n) is 5.74. The minimum atomic E-state index is -0.827. The zero-order valence-electron chi connectivity index (χ0n) is 10.3. The molecular weight excluding hydrogens is 304 g/mol. The minimum Gasteiger partial charge on any atom is -0.292 e. The van der Waals surface area contributed by atoms with Crippen molar-refractivity contribution < 1.29 is 4.79 Å². The van der Waals surface area contributed by atoms with E-state index in [2.05, 4.69) is 27.0 Å². The zero-order chi connectivity index (χ0) is 13.8. The number of pyridine rings is 1. The first-order valence-corrected chi connectivity index (χ1v) is 6.53. The summed E-state index contributed by atoms with van der Waals surface area (Å²) >= 11 is 3.40. The van der Waals surface area contributed by atoms with Crippen LogP contribution in [-0.2, 0) is 0 Å². The third-order valence-corrected chi connectivity index (χ3v) is 3.92.